The van der Waals surface area contributed by atoms with Crippen LogP contribution in [0.5, 0.6) is 23.0 Å². The first kappa shape index (κ1) is 49.1. The molecule has 6 aromatic carbocycles. The summed E-state index contributed by atoms with van der Waals surface area (Å²) in [6, 6.07) is 33.9. The average Bonchev–Trinajstić information content (AvgIpc) is 3.27. The van der Waals surface area contributed by atoms with E-state index < -0.39 is 49.3 Å². The number of aliphatic hydroxyl groups is 1. The maximum atomic E-state index is 13.5. The van der Waals surface area contributed by atoms with Crippen LogP contribution < -0.4 is 9.47 Å². The summed E-state index contributed by atoms with van der Waals surface area (Å²) < 4.78 is 142. The number of fused-ring (bicyclic) bond motifs is 2. The molecule has 8 aromatic rings. The van der Waals surface area contributed by atoms with Crippen LogP contribution in [0.1, 0.15) is 35.6 Å². The molecular formula is C51H42F6N2O7S2. The van der Waals surface area contributed by atoms with Gasteiger partial charge in [0.05, 0.1) is 43.8 Å². The molecule has 0 aliphatic carbocycles. The molecule has 2 aromatic heterocycles. The van der Waals surface area contributed by atoms with Crippen LogP contribution in [-0.4, -0.2) is 50.0 Å². The number of aromatic nitrogens is 2. The topological polar surface area (TPSA) is 133 Å². The van der Waals surface area contributed by atoms with Crippen molar-refractivity contribution in [3.05, 3.63) is 168 Å². The highest BCUT2D eigenvalue weighted by atomic mass is 32.2. The van der Waals surface area contributed by atoms with Crippen molar-refractivity contribution in [1.29, 1.82) is 0 Å². The van der Waals surface area contributed by atoms with Gasteiger partial charge < -0.3 is 14.6 Å². The Morgan fingerprint density at radius 3 is 1.35 bits per heavy atom. The van der Waals surface area contributed by atoms with Crippen LogP contribution in [0, 0.1) is 13.8 Å². The molecule has 2 heterocycles. The Bertz CT molecular complexity index is 3400. The van der Waals surface area contributed by atoms with Gasteiger partial charge in [0.15, 0.2) is 19.7 Å². The molecule has 1 atom stereocenters. The van der Waals surface area contributed by atoms with E-state index in [1.807, 2.05) is 0 Å². The number of sulfone groups is 2. The fourth-order valence-corrected chi connectivity index (χ4v) is 9.64. The zero-order valence-electron chi connectivity index (χ0n) is 36.7. The minimum Gasteiger partial charge on any atom is -0.457 e. The van der Waals surface area contributed by atoms with Gasteiger partial charge in [-0.1, -0.05) is 60.7 Å². The summed E-state index contributed by atoms with van der Waals surface area (Å²) in [5.41, 5.74) is 2.09. The molecular weight excluding hydrogens is 931 g/mol. The van der Waals surface area contributed by atoms with Crippen LogP contribution in [0.2, 0.25) is 0 Å². The number of rotatable bonds is 11. The Balaban J connectivity index is 0.000000203. The summed E-state index contributed by atoms with van der Waals surface area (Å²) in [4.78, 5) is 8.31. The Hall–Kier alpha value is -6.82. The predicted molar refractivity (Wildman–Crippen MR) is 248 cm³/mol. The molecule has 0 saturated heterocycles. The molecule has 352 valence electrons. The summed E-state index contributed by atoms with van der Waals surface area (Å²) in [6.45, 7) is 5.09. The van der Waals surface area contributed by atoms with Crippen molar-refractivity contribution < 1.29 is 57.8 Å². The van der Waals surface area contributed by atoms with Crippen LogP contribution in [-0.2, 0) is 32.0 Å². The van der Waals surface area contributed by atoms with Crippen LogP contribution in [0.3, 0.4) is 0 Å². The normalized spacial score (nSPS) is 12.6. The van der Waals surface area contributed by atoms with Crippen molar-refractivity contribution in [2.75, 3.05) is 12.0 Å². The van der Waals surface area contributed by atoms with Gasteiger partial charge in [0.2, 0.25) is 0 Å². The van der Waals surface area contributed by atoms with Crippen LogP contribution in [0.25, 0.3) is 44.1 Å². The molecule has 68 heavy (non-hydrogen) atoms. The predicted octanol–water partition coefficient (Wildman–Crippen LogP) is 13.0. The van der Waals surface area contributed by atoms with Gasteiger partial charge >= 0.3 is 12.4 Å². The summed E-state index contributed by atoms with van der Waals surface area (Å²) in [6.07, 6.45) is -5.72. The number of ether oxygens (including phenoxy) is 2. The van der Waals surface area contributed by atoms with Gasteiger partial charge in [0.25, 0.3) is 0 Å². The second kappa shape index (κ2) is 19.4. The number of pyridine rings is 2. The number of hydrogen-bond acceptors (Lipinski definition) is 9. The Morgan fingerprint density at radius 2 is 0.941 bits per heavy atom. The van der Waals surface area contributed by atoms with Crippen LogP contribution >= 0.6 is 0 Å². The maximum Gasteiger partial charge on any atom is 0.418 e. The van der Waals surface area contributed by atoms with E-state index in [1.165, 1.54) is 55.7 Å². The number of alkyl halides is 6. The second-order valence-electron chi connectivity index (χ2n) is 16.0. The molecule has 0 aliphatic heterocycles. The van der Waals surface area contributed by atoms with Crippen molar-refractivity contribution in [2.24, 2.45) is 0 Å². The largest absolute Gasteiger partial charge is 0.457 e. The molecule has 0 aliphatic rings. The summed E-state index contributed by atoms with van der Waals surface area (Å²) in [5, 5.41) is 10.2. The van der Waals surface area contributed by atoms with Gasteiger partial charge in [-0.3, -0.25) is 9.97 Å². The minimum atomic E-state index is -4.54. The van der Waals surface area contributed by atoms with E-state index in [1.54, 1.807) is 98.8 Å². The fraction of sp³-hybridized carbons (Fsp3) is 0.176. The van der Waals surface area contributed by atoms with Crippen molar-refractivity contribution >= 4 is 41.5 Å². The van der Waals surface area contributed by atoms with E-state index in [0.29, 0.717) is 67.2 Å². The molecule has 0 saturated carbocycles. The van der Waals surface area contributed by atoms with Crippen LogP contribution in [0.15, 0.2) is 156 Å². The monoisotopic (exact) mass is 972 g/mol. The quantitative estimate of drug-likeness (QED) is 0.126. The number of halogens is 6. The Labute approximate surface area is 388 Å². The van der Waals surface area contributed by atoms with E-state index in [4.69, 9.17) is 9.47 Å². The number of nitrogens with zero attached hydrogens (tertiary/aromatic N) is 2. The highest BCUT2D eigenvalue weighted by Gasteiger charge is 2.35. The Kier molecular flexibility index (Phi) is 14.0. The lowest BCUT2D eigenvalue weighted by Crippen LogP contribution is -2.12. The van der Waals surface area contributed by atoms with E-state index in [9.17, 15) is 48.3 Å². The number of aliphatic hydroxyl groups excluding tert-OH is 1. The van der Waals surface area contributed by atoms with Crippen molar-refractivity contribution in [2.45, 2.75) is 55.4 Å². The third-order valence-electron chi connectivity index (χ3n) is 10.7. The highest BCUT2D eigenvalue weighted by molar-refractivity contribution is 7.91. The molecule has 9 nitrogen and oxygen atoms in total. The molecule has 1 unspecified atom stereocenters. The standard InChI is InChI=1S/C27H24F3NO4S.C24H18F3NO3S/c1-17-16-31-26-23(10-5-11-24(26)27(28,29)30)25(17)19-6-3-7-20(14-19)35-21-8-4-9-22(15-21)36(33,34)13-12-18(2)32;1-15-14-28-23-20(10-5-11-21(23)24(25,26)27)22(15)16-6-3-7-17(12-16)31-18-8-4-9-19(13-18)32(2,29)30/h3-11,14-16,18,32H,12-13H2,1-2H3;3-14H,1-2H3. The summed E-state index contributed by atoms with van der Waals surface area (Å²) in [7, 11) is -7.00. The van der Waals surface area contributed by atoms with Crippen molar-refractivity contribution in [1.82, 2.24) is 9.97 Å². The molecule has 0 radical (unpaired) electrons. The first-order valence-electron chi connectivity index (χ1n) is 20.8. The van der Waals surface area contributed by atoms with E-state index in [2.05, 4.69) is 9.97 Å². The zero-order valence-corrected chi connectivity index (χ0v) is 38.4. The zero-order chi connectivity index (χ0) is 49.2. The molecule has 0 amide bonds. The van der Waals surface area contributed by atoms with Gasteiger partial charge in [0, 0.05) is 29.4 Å². The van der Waals surface area contributed by atoms with Crippen molar-refractivity contribution in [3.63, 3.8) is 0 Å². The minimum absolute atomic E-state index is 0.0763. The van der Waals surface area contributed by atoms with Gasteiger partial charge in [-0.05, 0) is 133 Å². The van der Waals surface area contributed by atoms with Gasteiger partial charge in [-0.25, -0.2) is 16.8 Å². The molecule has 0 bridgehead atoms. The first-order chi connectivity index (χ1) is 32.0. The smallest absolute Gasteiger partial charge is 0.418 e. The highest BCUT2D eigenvalue weighted by Crippen LogP contribution is 2.41. The lowest BCUT2D eigenvalue weighted by molar-refractivity contribution is -0.137. The van der Waals surface area contributed by atoms with Gasteiger partial charge in [-0.15, -0.1) is 0 Å². The van der Waals surface area contributed by atoms with Crippen molar-refractivity contribution in [3.8, 4) is 45.3 Å². The molecule has 0 spiro atoms. The number of aryl methyl sites for hydroxylation is 2. The molecule has 8 rings (SSSR count). The number of para-hydroxylation sites is 2. The third-order valence-corrected chi connectivity index (χ3v) is 13.6. The molecule has 1 N–H and O–H groups in total. The van der Waals surface area contributed by atoms with E-state index in [0.717, 1.165) is 18.4 Å². The fourth-order valence-electron chi connectivity index (χ4n) is 7.51. The number of hydrogen-bond donors (Lipinski definition) is 1. The molecule has 17 heteroatoms. The lowest BCUT2D eigenvalue weighted by atomic mass is 9.95. The second-order valence-corrected chi connectivity index (χ2v) is 20.1. The lowest BCUT2D eigenvalue weighted by Gasteiger charge is -2.15. The van der Waals surface area contributed by atoms with E-state index >= 15 is 0 Å². The average molecular weight is 973 g/mol. The van der Waals surface area contributed by atoms with Gasteiger partial charge in [-0.2, -0.15) is 26.3 Å². The number of benzene rings is 6. The molecule has 0 fully saturated rings. The Morgan fingerprint density at radius 1 is 0.559 bits per heavy atom. The summed E-state index contributed by atoms with van der Waals surface area (Å²) in [5.74, 6) is 1.24. The summed E-state index contributed by atoms with van der Waals surface area (Å²) >= 11 is 0. The van der Waals surface area contributed by atoms with Gasteiger partial charge in [0.1, 0.15) is 23.0 Å². The maximum absolute atomic E-state index is 13.5. The van der Waals surface area contributed by atoms with Crippen LogP contribution in [0.4, 0.5) is 26.3 Å². The third kappa shape index (κ3) is 11.3. The van der Waals surface area contributed by atoms with E-state index in [-0.39, 0.29) is 33.0 Å². The SMILES string of the molecule is Cc1cnc2c(C(F)(F)F)cccc2c1-c1cccc(Oc2cccc(S(=O)(=O)CCC(C)O)c2)c1.Cc1cnc2c(C(F)(F)F)cccc2c1-c1cccc(Oc2cccc(S(C)(=O)=O)c2)c1. The first-order valence-corrected chi connectivity index (χ1v) is 24.3.